The molecule has 0 saturated carbocycles. The Kier molecular flexibility index (Phi) is 5.11. The van der Waals surface area contributed by atoms with Crippen molar-refractivity contribution in [2.75, 3.05) is 26.7 Å². The number of hydrogen-bond donors (Lipinski definition) is 1. The maximum Gasteiger partial charge on any atom is 0.226 e. The first-order valence-corrected chi connectivity index (χ1v) is 8.94. The van der Waals surface area contributed by atoms with Gasteiger partial charge in [0.05, 0.1) is 5.69 Å². The van der Waals surface area contributed by atoms with Crippen molar-refractivity contribution >= 4 is 5.96 Å². The highest BCUT2D eigenvalue weighted by atomic mass is 16.3. The summed E-state index contributed by atoms with van der Waals surface area (Å²) in [5, 5.41) is 3.45. The summed E-state index contributed by atoms with van der Waals surface area (Å²) in [7, 11) is 1.85. The molecule has 0 unspecified atom stereocenters. The molecule has 5 heteroatoms. The minimum absolute atomic E-state index is 0.368. The van der Waals surface area contributed by atoms with Gasteiger partial charge in [-0.3, -0.25) is 4.99 Å². The van der Waals surface area contributed by atoms with E-state index in [4.69, 9.17) is 4.42 Å². The maximum atomic E-state index is 5.62. The normalized spacial score (nSPS) is 17.1. The first-order chi connectivity index (χ1) is 12.0. The zero-order chi connectivity index (χ0) is 17.9. The third kappa shape index (κ3) is 4.41. The maximum absolute atomic E-state index is 5.62. The van der Waals surface area contributed by atoms with Crippen LogP contribution in [0.2, 0.25) is 0 Å². The van der Waals surface area contributed by atoms with Gasteiger partial charge in [-0.2, -0.15) is 0 Å². The van der Waals surface area contributed by atoms with Gasteiger partial charge in [0.1, 0.15) is 6.26 Å². The number of likely N-dealkylation sites (tertiary alicyclic amines) is 1. The number of rotatable bonds is 4. The Balaban J connectivity index is 1.53. The van der Waals surface area contributed by atoms with E-state index in [1.54, 1.807) is 6.26 Å². The molecule has 0 bridgehead atoms. The largest absolute Gasteiger partial charge is 0.444 e. The SMILES string of the molecule is CN=C(NCCc1coc(-c2ccc(C)cc2)n1)N1CCC(C)(C)C1. The highest BCUT2D eigenvalue weighted by Gasteiger charge is 2.30. The molecular weight excluding hydrogens is 312 g/mol. The van der Waals surface area contributed by atoms with Gasteiger partial charge >= 0.3 is 0 Å². The van der Waals surface area contributed by atoms with Gasteiger partial charge in [-0.15, -0.1) is 0 Å². The molecule has 2 heterocycles. The second kappa shape index (κ2) is 7.30. The lowest BCUT2D eigenvalue weighted by Crippen LogP contribution is -2.41. The molecule has 1 aliphatic rings. The second-order valence-electron chi connectivity index (χ2n) is 7.57. The molecule has 0 aliphatic carbocycles. The van der Waals surface area contributed by atoms with Crippen LogP contribution < -0.4 is 5.32 Å². The van der Waals surface area contributed by atoms with Crippen molar-refractivity contribution in [1.29, 1.82) is 0 Å². The number of nitrogens with one attached hydrogen (secondary N) is 1. The summed E-state index contributed by atoms with van der Waals surface area (Å²) in [5.41, 5.74) is 3.57. The average Bonchev–Trinajstić information content (AvgIpc) is 3.19. The van der Waals surface area contributed by atoms with Crippen molar-refractivity contribution < 1.29 is 4.42 Å². The van der Waals surface area contributed by atoms with Crippen molar-refractivity contribution in [3.8, 4) is 11.5 Å². The zero-order valence-corrected chi connectivity index (χ0v) is 15.7. The molecule has 25 heavy (non-hydrogen) atoms. The zero-order valence-electron chi connectivity index (χ0n) is 15.7. The molecule has 5 nitrogen and oxygen atoms in total. The molecule has 0 atom stereocenters. The Hall–Kier alpha value is -2.30. The van der Waals surface area contributed by atoms with Crippen LogP contribution in [-0.2, 0) is 6.42 Å². The highest BCUT2D eigenvalue weighted by molar-refractivity contribution is 5.80. The Morgan fingerprint density at radius 3 is 2.72 bits per heavy atom. The molecule has 1 aromatic carbocycles. The van der Waals surface area contributed by atoms with Gasteiger partial charge < -0.3 is 14.6 Å². The van der Waals surface area contributed by atoms with E-state index in [1.807, 2.05) is 19.2 Å². The summed E-state index contributed by atoms with van der Waals surface area (Å²) < 4.78 is 5.62. The van der Waals surface area contributed by atoms with E-state index in [1.165, 1.54) is 12.0 Å². The molecule has 1 aliphatic heterocycles. The average molecular weight is 340 g/mol. The van der Waals surface area contributed by atoms with E-state index in [-0.39, 0.29) is 0 Å². The van der Waals surface area contributed by atoms with Gasteiger partial charge in [0, 0.05) is 38.7 Å². The standard InChI is InChI=1S/C20H28N4O/c1-15-5-7-16(8-6-15)18-23-17(13-25-18)9-11-22-19(21-4)24-12-10-20(2,3)14-24/h5-8,13H,9-12,14H2,1-4H3,(H,21,22). The number of aryl methyl sites for hydroxylation is 1. The second-order valence-corrected chi connectivity index (χ2v) is 7.57. The lowest BCUT2D eigenvalue weighted by Gasteiger charge is -2.23. The quantitative estimate of drug-likeness (QED) is 0.684. The van der Waals surface area contributed by atoms with Gasteiger partial charge in [0.25, 0.3) is 0 Å². The van der Waals surface area contributed by atoms with Crippen molar-refractivity contribution in [3.05, 3.63) is 41.8 Å². The van der Waals surface area contributed by atoms with Crippen LogP contribution in [-0.4, -0.2) is 42.5 Å². The minimum Gasteiger partial charge on any atom is -0.444 e. The fraction of sp³-hybridized carbons (Fsp3) is 0.500. The van der Waals surface area contributed by atoms with Gasteiger partial charge in [0.15, 0.2) is 5.96 Å². The van der Waals surface area contributed by atoms with Crippen LogP contribution in [0.5, 0.6) is 0 Å². The number of oxazole rings is 1. The molecule has 1 N–H and O–H groups in total. The topological polar surface area (TPSA) is 53.7 Å². The molecule has 1 saturated heterocycles. The van der Waals surface area contributed by atoms with E-state index in [0.29, 0.717) is 11.3 Å². The number of nitrogens with zero attached hydrogens (tertiary/aromatic N) is 3. The summed E-state index contributed by atoms with van der Waals surface area (Å²) in [6.45, 7) is 9.60. The molecule has 0 amide bonds. The smallest absolute Gasteiger partial charge is 0.226 e. The van der Waals surface area contributed by atoms with Crippen molar-refractivity contribution in [1.82, 2.24) is 15.2 Å². The highest BCUT2D eigenvalue weighted by Crippen LogP contribution is 2.28. The van der Waals surface area contributed by atoms with Crippen LogP contribution in [0.15, 0.2) is 39.9 Å². The van der Waals surface area contributed by atoms with E-state index < -0.39 is 0 Å². The Morgan fingerprint density at radius 2 is 2.08 bits per heavy atom. The van der Waals surface area contributed by atoms with Crippen LogP contribution in [0.25, 0.3) is 11.5 Å². The van der Waals surface area contributed by atoms with Crippen LogP contribution in [0.1, 0.15) is 31.5 Å². The monoisotopic (exact) mass is 340 g/mol. The van der Waals surface area contributed by atoms with Crippen LogP contribution in [0.4, 0.5) is 0 Å². The van der Waals surface area contributed by atoms with E-state index in [2.05, 4.69) is 53.1 Å². The molecular formula is C20H28N4O. The molecule has 0 spiro atoms. The first kappa shape index (κ1) is 17.5. The molecule has 134 valence electrons. The molecule has 3 rings (SSSR count). The lowest BCUT2D eigenvalue weighted by atomic mass is 9.93. The van der Waals surface area contributed by atoms with Crippen molar-refractivity contribution in [2.24, 2.45) is 10.4 Å². The van der Waals surface area contributed by atoms with Gasteiger partial charge in [0.2, 0.25) is 5.89 Å². The Morgan fingerprint density at radius 1 is 1.32 bits per heavy atom. The van der Waals surface area contributed by atoms with E-state index in [9.17, 15) is 0 Å². The van der Waals surface area contributed by atoms with Gasteiger partial charge in [-0.1, -0.05) is 31.5 Å². The number of aromatic nitrogens is 1. The summed E-state index contributed by atoms with van der Waals surface area (Å²) in [6, 6.07) is 8.23. The summed E-state index contributed by atoms with van der Waals surface area (Å²) >= 11 is 0. The summed E-state index contributed by atoms with van der Waals surface area (Å²) in [5.74, 6) is 1.66. The van der Waals surface area contributed by atoms with E-state index in [0.717, 1.165) is 43.3 Å². The third-order valence-electron chi connectivity index (χ3n) is 4.70. The fourth-order valence-electron chi connectivity index (χ4n) is 3.18. The van der Waals surface area contributed by atoms with E-state index >= 15 is 0 Å². The predicted molar refractivity (Wildman–Crippen MR) is 102 cm³/mol. The van der Waals surface area contributed by atoms with Crippen LogP contribution in [0, 0.1) is 12.3 Å². The number of aliphatic imine (C=N–C) groups is 1. The third-order valence-corrected chi connectivity index (χ3v) is 4.70. The minimum atomic E-state index is 0.368. The summed E-state index contributed by atoms with van der Waals surface area (Å²) in [6.07, 6.45) is 3.76. The fourth-order valence-corrected chi connectivity index (χ4v) is 3.18. The molecule has 0 radical (unpaired) electrons. The lowest BCUT2D eigenvalue weighted by molar-refractivity contribution is 0.370. The van der Waals surface area contributed by atoms with Gasteiger partial charge in [-0.25, -0.2) is 4.98 Å². The molecule has 1 aromatic heterocycles. The number of guanidine groups is 1. The first-order valence-electron chi connectivity index (χ1n) is 8.94. The van der Waals surface area contributed by atoms with Gasteiger partial charge in [-0.05, 0) is 30.9 Å². The predicted octanol–water partition coefficient (Wildman–Crippen LogP) is 3.50. The Labute approximate surface area is 150 Å². The number of benzene rings is 1. The summed E-state index contributed by atoms with van der Waals surface area (Å²) in [4.78, 5) is 11.3. The number of hydrogen-bond acceptors (Lipinski definition) is 3. The van der Waals surface area contributed by atoms with Crippen LogP contribution >= 0.6 is 0 Å². The van der Waals surface area contributed by atoms with Crippen LogP contribution in [0.3, 0.4) is 0 Å². The van der Waals surface area contributed by atoms with Crippen molar-refractivity contribution in [2.45, 2.75) is 33.6 Å². The Bertz CT molecular complexity index is 730. The van der Waals surface area contributed by atoms with Crippen molar-refractivity contribution in [3.63, 3.8) is 0 Å². The molecule has 2 aromatic rings. The molecule has 1 fully saturated rings.